The Labute approximate surface area is 199 Å². The topological polar surface area (TPSA) is 0 Å². The summed E-state index contributed by atoms with van der Waals surface area (Å²) in [6.07, 6.45) is 1.09. The molecule has 0 radical (unpaired) electrons. The first-order valence-corrected chi connectivity index (χ1v) is 18.2. The number of hydrogen-bond acceptors (Lipinski definition) is 1. The Morgan fingerprint density at radius 3 is 1.62 bits per heavy atom. The molecule has 2 unspecified atom stereocenters. The van der Waals surface area contributed by atoms with Crippen LogP contribution in [0.5, 0.6) is 0 Å². The van der Waals surface area contributed by atoms with E-state index in [4.69, 9.17) is 11.8 Å². The second-order valence-electron chi connectivity index (χ2n) is 10.6. The van der Waals surface area contributed by atoms with Gasteiger partial charge in [-0.05, 0) is 39.8 Å². The van der Waals surface area contributed by atoms with Crippen molar-refractivity contribution < 1.29 is 0 Å². The molecule has 3 aromatic rings. The second kappa shape index (κ2) is 7.80. The number of rotatable bonds is 5. The van der Waals surface area contributed by atoms with Gasteiger partial charge in [-0.3, -0.25) is 0 Å². The molecule has 5 rings (SSSR count). The molecule has 2 aliphatic rings. The van der Waals surface area contributed by atoms with Gasteiger partial charge in [0, 0.05) is 24.8 Å². The van der Waals surface area contributed by atoms with Gasteiger partial charge in [-0.25, -0.2) is 0 Å². The Balaban J connectivity index is 1.86. The molecule has 0 spiro atoms. The maximum Gasteiger partial charge on any atom is 0.0484 e. The van der Waals surface area contributed by atoms with Gasteiger partial charge in [0.15, 0.2) is 0 Å². The predicted molar refractivity (Wildman–Crippen MR) is 148 cm³/mol. The largest absolute Gasteiger partial charge is 0.0875 e. The first-order valence-electron chi connectivity index (χ1n) is 11.5. The van der Waals surface area contributed by atoms with Gasteiger partial charge >= 0.3 is 0 Å². The minimum absolute atomic E-state index is 0.00745. The Hall–Kier alpha value is -1.99. The van der Waals surface area contributed by atoms with Gasteiger partial charge in [0.25, 0.3) is 0 Å². The Kier molecular flexibility index (Phi) is 5.32. The molecule has 162 valence electrons. The van der Waals surface area contributed by atoms with Crippen LogP contribution < -0.4 is 0 Å². The zero-order chi connectivity index (χ0) is 22.6. The van der Waals surface area contributed by atoms with Crippen LogP contribution in [0.2, 0.25) is 25.7 Å². The third-order valence-electron chi connectivity index (χ3n) is 6.87. The molecule has 0 nitrogen and oxygen atoms in total. The molecule has 0 aliphatic carbocycles. The Morgan fingerprint density at radius 2 is 1.16 bits per heavy atom. The van der Waals surface area contributed by atoms with Crippen LogP contribution in [0, 0.1) is 5.41 Å². The molecule has 2 bridgehead atoms. The molecule has 3 heteroatoms. The highest BCUT2D eigenvalue weighted by molar-refractivity contribution is 8.25. The van der Waals surface area contributed by atoms with E-state index in [1.54, 1.807) is 5.57 Å². The molecule has 0 saturated heterocycles. The highest BCUT2D eigenvalue weighted by Crippen LogP contribution is 2.85. The Morgan fingerprint density at radius 1 is 0.719 bits per heavy atom. The third kappa shape index (κ3) is 3.44. The smallest absolute Gasteiger partial charge is 0.0484 e. The summed E-state index contributed by atoms with van der Waals surface area (Å²) in [5.41, 5.74) is 7.17. The number of fused-ring (bicyclic) bond motifs is 2. The maximum absolute atomic E-state index is 6.84. The second-order valence-corrected chi connectivity index (χ2v) is 20.7. The van der Waals surface area contributed by atoms with Crippen LogP contribution in [0.4, 0.5) is 0 Å². The van der Waals surface area contributed by atoms with Crippen molar-refractivity contribution in [2.24, 2.45) is 5.41 Å². The molecule has 2 heterocycles. The summed E-state index contributed by atoms with van der Waals surface area (Å²) in [4.78, 5) is 0. The van der Waals surface area contributed by atoms with Crippen LogP contribution in [-0.2, 0) is 11.8 Å². The van der Waals surface area contributed by atoms with Crippen molar-refractivity contribution in [2.75, 3.05) is 6.16 Å². The molecule has 2 atom stereocenters. The number of allylic oxidation sites excluding steroid dienone is 2. The third-order valence-corrected chi connectivity index (χ3v) is 13.3. The fourth-order valence-corrected chi connectivity index (χ4v) is 14.0. The van der Waals surface area contributed by atoms with Crippen molar-refractivity contribution in [3.8, 4) is 0 Å². The van der Waals surface area contributed by atoms with Crippen LogP contribution >= 0.6 is 6.04 Å². The Bertz CT molecular complexity index is 1270. The van der Waals surface area contributed by atoms with Gasteiger partial charge < -0.3 is 0 Å². The van der Waals surface area contributed by atoms with Gasteiger partial charge in [0.05, 0.1) is 0 Å². The lowest BCUT2D eigenvalue weighted by atomic mass is 9.73. The zero-order valence-electron chi connectivity index (χ0n) is 19.4. The summed E-state index contributed by atoms with van der Waals surface area (Å²) in [7, 11) is -1.36. The van der Waals surface area contributed by atoms with E-state index in [0.29, 0.717) is 0 Å². The SMILES string of the molecule is CC12CP(=S)(C(c3ccccc3)=C1C[Si](C)(C)C)C(c1ccccc1)=C2c1ccccc1. The first kappa shape index (κ1) is 21.8. The summed E-state index contributed by atoms with van der Waals surface area (Å²) >= 11 is 6.84. The molecule has 32 heavy (non-hydrogen) atoms. The molecule has 0 amide bonds. The molecule has 2 aliphatic heterocycles. The normalized spacial score (nSPS) is 25.0. The van der Waals surface area contributed by atoms with Crippen LogP contribution in [0.15, 0.2) is 96.6 Å². The summed E-state index contributed by atoms with van der Waals surface area (Å²) in [6, 6.07) is 32.4. The van der Waals surface area contributed by atoms with Crippen molar-refractivity contribution in [1.29, 1.82) is 0 Å². The van der Waals surface area contributed by atoms with Crippen LogP contribution in [-0.4, -0.2) is 14.2 Å². The molecule has 0 N–H and O–H groups in total. The fraction of sp³-hybridized carbons (Fsp3) is 0.241. The highest BCUT2D eigenvalue weighted by atomic mass is 32.4. The van der Waals surface area contributed by atoms with Gasteiger partial charge in [-0.2, -0.15) is 0 Å². The van der Waals surface area contributed by atoms with Crippen molar-refractivity contribution in [3.63, 3.8) is 0 Å². The minimum atomic E-state index is -1.96. The van der Waals surface area contributed by atoms with E-state index in [0.717, 1.165) is 6.16 Å². The van der Waals surface area contributed by atoms with Gasteiger partial charge in [0.2, 0.25) is 0 Å². The highest BCUT2D eigenvalue weighted by Gasteiger charge is 2.57. The van der Waals surface area contributed by atoms with E-state index in [1.165, 1.54) is 38.9 Å². The standard InChI is InChI=1S/C29H31PSSi/c1-29-21-30(31,27(23-16-10-6-11-17-23)25(29)20-32(2,3)4)28(24-18-12-7-13-19-24)26(29)22-14-8-5-9-15-22/h5-19H,20-21H2,1-4H3. The van der Waals surface area contributed by atoms with Gasteiger partial charge in [0.1, 0.15) is 0 Å². The summed E-state index contributed by atoms with van der Waals surface area (Å²) < 4.78 is 0. The maximum atomic E-state index is 6.84. The number of hydrogen-bond donors (Lipinski definition) is 0. The zero-order valence-corrected chi connectivity index (χ0v) is 22.1. The average molecular weight is 471 g/mol. The predicted octanol–water partition coefficient (Wildman–Crippen LogP) is 8.82. The summed E-state index contributed by atoms with van der Waals surface area (Å²) in [6.45, 7) is 9.99. The van der Waals surface area contributed by atoms with Crippen LogP contribution in [0.3, 0.4) is 0 Å². The van der Waals surface area contributed by atoms with E-state index in [-0.39, 0.29) is 5.41 Å². The van der Waals surface area contributed by atoms with Gasteiger partial charge in [-0.15, -0.1) is 0 Å². The van der Waals surface area contributed by atoms with Gasteiger partial charge in [-0.1, -0.05) is 135 Å². The molecular weight excluding hydrogens is 439 g/mol. The molecule has 3 aromatic carbocycles. The lowest BCUT2D eigenvalue weighted by Crippen LogP contribution is -2.28. The first-order chi connectivity index (χ1) is 15.2. The lowest BCUT2D eigenvalue weighted by Gasteiger charge is -2.36. The lowest BCUT2D eigenvalue weighted by molar-refractivity contribution is 0.629. The summed E-state index contributed by atoms with van der Waals surface area (Å²) in [5, 5.41) is 2.98. The van der Waals surface area contributed by atoms with Crippen LogP contribution in [0.1, 0.15) is 23.6 Å². The van der Waals surface area contributed by atoms with Crippen molar-refractivity contribution in [3.05, 3.63) is 113 Å². The van der Waals surface area contributed by atoms with E-state index < -0.39 is 14.1 Å². The summed E-state index contributed by atoms with van der Waals surface area (Å²) in [5.74, 6) is 0. The van der Waals surface area contributed by atoms with Crippen LogP contribution in [0.25, 0.3) is 16.2 Å². The van der Waals surface area contributed by atoms with Crippen molar-refractivity contribution in [1.82, 2.24) is 0 Å². The van der Waals surface area contributed by atoms with Crippen molar-refractivity contribution in [2.45, 2.75) is 32.6 Å². The molecule has 0 aromatic heterocycles. The van der Waals surface area contributed by atoms with E-state index in [1.807, 2.05) is 0 Å². The number of benzene rings is 3. The van der Waals surface area contributed by atoms with Crippen molar-refractivity contribution >= 4 is 42.1 Å². The molecular formula is C29H31PSSi. The van der Waals surface area contributed by atoms with E-state index >= 15 is 0 Å². The fourth-order valence-electron chi connectivity index (χ4n) is 5.76. The average Bonchev–Trinajstić information content (AvgIpc) is 3.15. The molecule has 0 saturated carbocycles. The van der Waals surface area contributed by atoms with E-state index in [2.05, 4.69) is 118 Å². The minimum Gasteiger partial charge on any atom is -0.0875 e. The quantitative estimate of drug-likeness (QED) is 0.265. The monoisotopic (exact) mass is 470 g/mol. The van der Waals surface area contributed by atoms with E-state index in [9.17, 15) is 0 Å². The molecule has 0 fully saturated rings.